The maximum atomic E-state index is 11.1. The van der Waals surface area contributed by atoms with Crippen molar-refractivity contribution < 1.29 is 9.85 Å². The van der Waals surface area contributed by atoms with Crippen molar-refractivity contribution in [2.24, 2.45) is 5.10 Å². The zero-order valence-corrected chi connectivity index (χ0v) is 15.3. The Kier molecular flexibility index (Phi) is 5.83. The fraction of sp³-hybridized carbons (Fsp3) is 0.176. The van der Waals surface area contributed by atoms with Crippen LogP contribution in [0.4, 0.5) is 17.1 Å². The van der Waals surface area contributed by atoms with Gasteiger partial charge in [0, 0.05) is 18.7 Å². The second-order valence-corrected chi connectivity index (χ2v) is 5.87. The van der Waals surface area contributed by atoms with Crippen LogP contribution in [-0.4, -0.2) is 36.3 Å². The molecule has 148 valence electrons. The van der Waals surface area contributed by atoms with Crippen LogP contribution in [0.2, 0.25) is 0 Å². The Morgan fingerprint density at radius 1 is 1.14 bits per heavy atom. The molecule has 2 aromatic carbocycles. The summed E-state index contributed by atoms with van der Waals surface area (Å²) in [5.41, 5.74) is 3.73. The summed E-state index contributed by atoms with van der Waals surface area (Å²) in [6, 6.07) is 11.1. The Morgan fingerprint density at radius 2 is 1.90 bits per heavy atom. The minimum atomic E-state index is -0.717. The number of hydrazone groups is 1. The third-order valence-electron chi connectivity index (χ3n) is 4.06. The Balaban J connectivity index is 1.71. The van der Waals surface area contributed by atoms with E-state index in [4.69, 9.17) is 0 Å². The number of nitro groups is 2. The quantitative estimate of drug-likeness (QED) is 0.346. The summed E-state index contributed by atoms with van der Waals surface area (Å²) in [4.78, 5) is 20.5. The molecule has 0 bridgehead atoms. The molecule has 0 aliphatic rings. The average Bonchev–Trinajstić information content (AvgIpc) is 3.19. The average molecular weight is 396 g/mol. The van der Waals surface area contributed by atoms with Crippen LogP contribution in [-0.2, 0) is 12.8 Å². The van der Waals surface area contributed by atoms with Gasteiger partial charge in [0.25, 0.3) is 5.69 Å². The van der Waals surface area contributed by atoms with E-state index in [9.17, 15) is 20.2 Å². The number of rotatable bonds is 8. The summed E-state index contributed by atoms with van der Waals surface area (Å²) in [5, 5.41) is 37.4. The molecule has 1 aromatic heterocycles. The van der Waals surface area contributed by atoms with E-state index in [1.807, 2.05) is 24.3 Å². The first-order chi connectivity index (χ1) is 14.0. The highest BCUT2D eigenvalue weighted by molar-refractivity contribution is 5.68. The molecule has 1 heterocycles. The first-order valence-corrected chi connectivity index (χ1v) is 8.56. The maximum absolute atomic E-state index is 11.1. The normalized spacial score (nSPS) is 10.9. The third kappa shape index (κ3) is 4.55. The fourth-order valence-corrected chi connectivity index (χ4v) is 2.53. The molecule has 1 N–H and O–H groups in total. The molecule has 12 nitrogen and oxygen atoms in total. The van der Waals surface area contributed by atoms with Crippen LogP contribution < -0.4 is 5.43 Å². The number of nitrogens with zero attached hydrogens (tertiary/aromatic N) is 7. The SMILES string of the molecule is CCc1ccc(-n2nnnc2CC=NNc2ccc([N+](=O)[O-])cc2[N+](=O)[O-])cc1. The van der Waals surface area contributed by atoms with Crippen LogP contribution in [0.5, 0.6) is 0 Å². The van der Waals surface area contributed by atoms with Crippen molar-refractivity contribution in [1.29, 1.82) is 0 Å². The van der Waals surface area contributed by atoms with Crippen molar-refractivity contribution in [3.63, 3.8) is 0 Å². The molecule has 0 saturated carbocycles. The largest absolute Gasteiger partial charge is 0.301 e. The lowest BCUT2D eigenvalue weighted by atomic mass is 10.1. The number of aromatic nitrogens is 4. The van der Waals surface area contributed by atoms with E-state index in [0.717, 1.165) is 24.2 Å². The minimum absolute atomic E-state index is 0.0339. The number of anilines is 1. The van der Waals surface area contributed by atoms with Crippen LogP contribution in [0, 0.1) is 20.2 Å². The van der Waals surface area contributed by atoms with E-state index in [1.54, 1.807) is 4.68 Å². The van der Waals surface area contributed by atoms with Gasteiger partial charge in [-0.15, -0.1) is 5.10 Å². The van der Waals surface area contributed by atoms with Gasteiger partial charge in [-0.25, -0.2) is 0 Å². The first kappa shape index (κ1) is 19.5. The molecular weight excluding hydrogens is 380 g/mol. The molecule has 0 aliphatic carbocycles. The van der Waals surface area contributed by atoms with Gasteiger partial charge in [-0.1, -0.05) is 19.1 Å². The van der Waals surface area contributed by atoms with Crippen molar-refractivity contribution >= 4 is 23.3 Å². The van der Waals surface area contributed by atoms with Gasteiger partial charge in [0.05, 0.1) is 21.6 Å². The summed E-state index contributed by atoms with van der Waals surface area (Å²) < 4.78 is 1.57. The summed E-state index contributed by atoms with van der Waals surface area (Å²) in [6.07, 6.45) is 2.64. The molecule has 0 unspecified atom stereocenters. The molecule has 0 radical (unpaired) electrons. The number of nitro benzene ring substituents is 2. The van der Waals surface area contributed by atoms with Crippen LogP contribution in [0.1, 0.15) is 18.3 Å². The van der Waals surface area contributed by atoms with Gasteiger partial charge in [-0.05, 0) is 40.6 Å². The Morgan fingerprint density at radius 3 is 2.55 bits per heavy atom. The molecule has 0 spiro atoms. The fourth-order valence-electron chi connectivity index (χ4n) is 2.53. The molecular formula is C17H16N8O4. The monoisotopic (exact) mass is 396 g/mol. The molecule has 0 amide bonds. The smallest absolute Gasteiger partial charge is 0.272 e. The van der Waals surface area contributed by atoms with Crippen molar-refractivity contribution in [2.45, 2.75) is 19.8 Å². The van der Waals surface area contributed by atoms with E-state index >= 15 is 0 Å². The summed E-state index contributed by atoms with van der Waals surface area (Å²) in [5.74, 6) is 0.526. The number of nitrogens with one attached hydrogen (secondary N) is 1. The molecule has 29 heavy (non-hydrogen) atoms. The lowest BCUT2D eigenvalue weighted by Gasteiger charge is -2.04. The number of aryl methyl sites for hydroxylation is 1. The van der Waals surface area contributed by atoms with E-state index < -0.39 is 15.5 Å². The second-order valence-electron chi connectivity index (χ2n) is 5.87. The number of benzene rings is 2. The Labute approximate surface area is 164 Å². The molecule has 0 fully saturated rings. The van der Waals surface area contributed by atoms with Crippen LogP contribution in [0.15, 0.2) is 47.6 Å². The van der Waals surface area contributed by atoms with Gasteiger partial charge in [0.2, 0.25) is 0 Å². The highest BCUT2D eigenvalue weighted by atomic mass is 16.6. The predicted octanol–water partition coefficient (Wildman–Crippen LogP) is 2.68. The third-order valence-corrected chi connectivity index (χ3v) is 4.06. The van der Waals surface area contributed by atoms with Crippen LogP contribution >= 0.6 is 0 Å². The first-order valence-electron chi connectivity index (χ1n) is 8.56. The maximum Gasteiger partial charge on any atom is 0.301 e. The second kappa shape index (κ2) is 8.65. The van der Waals surface area contributed by atoms with Crippen molar-refractivity contribution in [2.75, 3.05) is 5.43 Å². The topological polar surface area (TPSA) is 154 Å². The highest BCUT2D eigenvalue weighted by Crippen LogP contribution is 2.28. The summed E-state index contributed by atoms with van der Waals surface area (Å²) >= 11 is 0. The van der Waals surface area contributed by atoms with E-state index in [-0.39, 0.29) is 17.8 Å². The Hall–Kier alpha value is -4.22. The van der Waals surface area contributed by atoms with E-state index in [2.05, 4.69) is 33.0 Å². The van der Waals surface area contributed by atoms with Gasteiger partial charge in [-0.3, -0.25) is 25.7 Å². The predicted molar refractivity (Wildman–Crippen MR) is 104 cm³/mol. The summed E-state index contributed by atoms with van der Waals surface area (Å²) in [7, 11) is 0. The lowest BCUT2D eigenvalue weighted by Crippen LogP contribution is -2.05. The van der Waals surface area contributed by atoms with Crippen molar-refractivity contribution in [1.82, 2.24) is 20.2 Å². The molecule has 0 aliphatic heterocycles. The zero-order valence-electron chi connectivity index (χ0n) is 15.3. The number of hydrogen-bond donors (Lipinski definition) is 1. The molecule has 0 atom stereocenters. The Bertz CT molecular complexity index is 1060. The van der Waals surface area contributed by atoms with E-state index in [1.165, 1.54) is 17.8 Å². The van der Waals surface area contributed by atoms with Gasteiger partial charge in [-0.2, -0.15) is 9.78 Å². The van der Waals surface area contributed by atoms with Crippen molar-refractivity contribution in [3.05, 3.63) is 74.1 Å². The minimum Gasteiger partial charge on any atom is -0.272 e. The van der Waals surface area contributed by atoms with Gasteiger partial charge < -0.3 is 0 Å². The number of non-ortho nitro benzene ring substituents is 1. The van der Waals surface area contributed by atoms with Gasteiger partial charge in [0.1, 0.15) is 5.69 Å². The standard InChI is InChI=1S/C17H16N8O4/c1-2-12-3-5-13(6-4-12)23-17(20-21-22-23)9-10-18-19-15-8-7-14(24(26)27)11-16(15)25(28)29/h3-8,10-11,19H,2,9H2,1H3. The van der Waals surface area contributed by atoms with E-state index in [0.29, 0.717) is 5.82 Å². The van der Waals surface area contributed by atoms with Crippen LogP contribution in [0.3, 0.4) is 0 Å². The van der Waals surface area contributed by atoms with Gasteiger partial charge in [0.15, 0.2) is 5.82 Å². The molecule has 0 saturated heterocycles. The van der Waals surface area contributed by atoms with Crippen LogP contribution in [0.25, 0.3) is 5.69 Å². The molecule has 3 rings (SSSR count). The lowest BCUT2D eigenvalue weighted by molar-refractivity contribution is -0.393. The number of hydrogen-bond acceptors (Lipinski definition) is 9. The highest BCUT2D eigenvalue weighted by Gasteiger charge is 2.19. The molecule has 12 heteroatoms. The summed E-state index contributed by atoms with van der Waals surface area (Å²) in [6.45, 7) is 2.07. The van der Waals surface area contributed by atoms with Gasteiger partial charge >= 0.3 is 5.69 Å². The molecule has 3 aromatic rings. The number of tetrazole rings is 1. The zero-order chi connectivity index (χ0) is 20.8. The van der Waals surface area contributed by atoms with Crippen molar-refractivity contribution in [3.8, 4) is 5.69 Å².